The summed E-state index contributed by atoms with van der Waals surface area (Å²) >= 11 is 0. The number of pyridine rings is 1. The van der Waals surface area contributed by atoms with Gasteiger partial charge in [-0.15, -0.1) is 0 Å². The van der Waals surface area contributed by atoms with Crippen LogP contribution in [0, 0.1) is 20.8 Å². The number of aryl methyl sites for hydroxylation is 3. The number of methoxy groups -OCH3 is 1. The van der Waals surface area contributed by atoms with Crippen molar-refractivity contribution < 1.29 is 9.53 Å². The highest BCUT2D eigenvalue weighted by Crippen LogP contribution is 2.19. The molecule has 0 saturated heterocycles. The summed E-state index contributed by atoms with van der Waals surface area (Å²) in [7, 11) is 1.52. The van der Waals surface area contributed by atoms with Gasteiger partial charge in [0.05, 0.1) is 12.7 Å². The zero-order valence-electron chi connectivity index (χ0n) is 13.2. The number of carbonyl (C=O) groups excluding carboxylic acids is 1. The zero-order valence-corrected chi connectivity index (χ0v) is 13.2. The van der Waals surface area contributed by atoms with Crippen molar-refractivity contribution in [3.63, 3.8) is 0 Å². The first-order valence-corrected chi connectivity index (χ1v) is 7.04. The fourth-order valence-electron chi connectivity index (χ4n) is 2.36. The second kappa shape index (κ2) is 6.47. The number of hydrogen-bond donors (Lipinski definition) is 2. The third-order valence-electron chi connectivity index (χ3n) is 3.52. The molecule has 1 amide bonds. The number of carbonyl (C=O) groups is 1. The van der Waals surface area contributed by atoms with Gasteiger partial charge in [-0.3, -0.25) is 9.59 Å². The summed E-state index contributed by atoms with van der Waals surface area (Å²) in [6.45, 7) is 5.77. The lowest BCUT2D eigenvalue weighted by Gasteiger charge is -2.11. The summed E-state index contributed by atoms with van der Waals surface area (Å²) in [4.78, 5) is 27.0. The summed E-state index contributed by atoms with van der Waals surface area (Å²) in [6, 6.07) is 7.29. The SMILES string of the molecule is COc1ccc(C)cc1C(=O)NCc1c(C)cc(C)[nH]c1=O. The number of rotatable bonds is 4. The maximum absolute atomic E-state index is 12.3. The lowest BCUT2D eigenvalue weighted by molar-refractivity contribution is 0.0947. The molecule has 0 aliphatic rings. The highest BCUT2D eigenvalue weighted by Gasteiger charge is 2.13. The number of aromatic nitrogens is 1. The predicted molar refractivity (Wildman–Crippen MR) is 85.4 cm³/mol. The van der Waals surface area contributed by atoms with Crippen LogP contribution in [0.5, 0.6) is 5.75 Å². The van der Waals surface area contributed by atoms with Crippen molar-refractivity contribution >= 4 is 5.91 Å². The van der Waals surface area contributed by atoms with Gasteiger partial charge >= 0.3 is 0 Å². The third-order valence-corrected chi connectivity index (χ3v) is 3.52. The number of ether oxygens (including phenoxy) is 1. The standard InChI is InChI=1S/C17H20N2O3/c1-10-5-6-15(22-4)13(7-10)16(20)18-9-14-11(2)8-12(3)19-17(14)21/h5-8H,9H2,1-4H3,(H,18,20)(H,19,21). The van der Waals surface area contributed by atoms with Crippen molar-refractivity contribution in [1.82, 2.24) is 10.3 Å². The maximum atomic E-state index is 12.3. The molecule has 0 radical (unpaired) electrons. The Morgan fingerprint density at radius 1 is 1.23 bits per heavy atom. The Morgan fingerprint density at radius 2 is 1.95 bits per heavy atom. The molecule has 2 rings (SSSR count). The minimum Gasteiger partial charge on any atom is -0.496 e. The van der Waals surface area contributed by atoms with Crippen LogP contribution in [-0.4, -0.2) is 18.0 Å². The van der Waals surface area contributed by atoms with Crippen LogP contribution in [0.25, 0.3) is 0 Å². The van der Waals surface area contributed by atoms with E-state index < -0.39 is 0 Å². The van der Waals surface area contributed by atoms with E-state index in [2.05, 4.69) is 10.3 Å². The van der Waals surface area contributed by atoms with E-state index in [-0.39, 0.29) is 18.0 Å². The number of amides is 1. The van der Waals surface area contributed by atoms with E-state index in [9.17, 15) is 9.59 Å². The van der Waals surface area contributed by atoms with Gasteiger partial charge in [-0.25, -0.2) is 0 Å². The molecule has 0 aliphatic heterocycles. The fourth-order valence-corrected chi connectivity index (χ4v) is 2.36. The lowest BCUT2D eigenvalue weighted by atomic mass is 10.1. The molecule has 0 aliphatic carbocycles. The van der Waals surface area contributed by atoms with Gasteiger partial charge in [0.15, 0.2) is 0 Å². The highest BCUT2D eigenvalue weighted by atomic mass is 16.5. The van der Waals surface area contributed by atoms with E-state index in [1.165, 1.54) is 7.11 Å². The summed E-state index contributed by atoms with van der Waals surface area (Å²) < 4.78 is 5.21. The molecule has 1 aromatic heterocycles. The molecule has 0 spiro atoms. The second-order valence-electron chi connectivity index (χ2n) is 5.33. The summed E-state index contributed by atoms with van der Waals surface area (Å²) in [5.41, 5.74) is 3.48. The molecule has 2 aromatic rings. The smallest absolute Gasteiger partial charge is 0.255 e. The average Bonchev–Trinajstić information content (AvgIpc) is 2.45. The quantitative estimate of drug-likeness (QED) is 0.909. The zero-order chi connectivity index (χ0) is 16.3. The highest BCUT2D eigenvalue weighted by molar-refractivity contribution is 5.97. The number of H-pyrrole nitrogens is 1. The number of aromatic amines is 1. The van der Waals surface area contributed by atoms with E-state index in [0.29, 0.717) is 16.9 Å². The normalized spacial score (nSPS) is 10.4. The molecule has 0 bridgehead atoms. The molecule has 1 aromatic carbocycles. The number of nitrogens with one attached hydrogen (secondary N) is 2. The molecule has 116 valence electrons. The lowest BCUT2D eigenvalue weighted by Crippen LogP contribution is -2.28. The first-order valence-electron chi connectivity index (χ1n) is 7.04. The molecular formula is C17H20N2O3. The second-order valence-corrected chi connectivity index (χ2v) is 5.33. The van der Waals surface area contributed by atoms with Crippen LogP contribution in [0.4, 0.5) is 0 Å². The topological polar surface area (TPSA) is 71.2 Å². The van der Waals surface area contributed by atoms with Crippen LogP contribution >= 0.6 is 0 Å². The van der Waals surface area contributed by atoms with Crippen molar-refractivity contribution in [3.05, 3.63) is 62.6 Å². The van der Waals surface area contributed by atoms with Crippen molar-refractivity contribution in [3.8, 4) is 5.75 Å². The van der Waals surface area contributed by atoms with E-state index in [4.69, 9.17) is 4.74 Å². The van der Waals surface area contributed by atoms with Crippen LogP contribution in [-0.2, 0) is 6.54 Å². The molecule has 2 N–H and O–H groups in total. The molecule has 5 heteroatoms. The molecule has 5 nitrogen and oxygen atoms in total. The Bertz CT molecular complexity index is 763. The fraction of sp³-hybridized carbons (Fsp3) is 0.294. The van der Waals surface area contributed by atoms with Gasteiger partial charge in [-0.2, -0.15) is 0 Å². The maximum Gasteiger partial charge on any atom is 0.255 e. The van der Waals surface area contributed by atoms with Gasteiger partial charge in [0.2, 0.25) is 0 Å². The van der Waals surface area contributed by atoms with Gasteiger partial charge in [0.1, 0.15) is 5.75 Å². The summed E-state index contributed by atoms with van der Waals surface area (Å²) in [6.07, 6.45) is 0. The van der Waals surface area contributed by atoms with Crippen LogP contribution in [0.2, 0.25) is 0 Å². The Morgan fingerprint density at radius 3 is 2.59 bits per heavy atom. The van der Waals surface area contributed by atoms with Crippen molar-refractivity contribution in [2.24, 2.45) is 0 Å². The molecular weight excluding hydrogens is 280 g/mol. The molecule has 0 fully saturated rings. The van der Waals surface area contributed by atoms with Crippen LogP contribution in [0.15, 0.2) is 29.1 Å². The summed E-state index contributed by atoms with van der Waals surface area (Å²) in [5, 5.41) is 2.78. The Hall–Kier alpha value is -2.56. The molecule has 0 atom stereocenters. The van der Waals surface area contributed by atoms with Crippen LogP contribution < -0.4 is 15.6 Å². The minimum atomic E-state index is -0.264. The molecule has 0 unspecified atom stereocenters. The first kappa shape index (κ1) is 15.8. The molecule has 22 heavy (non-hydrogen) atoms. The molecule has 1 heterocycles. The van der Waals surface area contributed by atoms with Crippen LogP contribution in [0.1, 0.15) is 32.7 Å². The van der Waals surface area contributed by atoms with E-state index in [1.807, 2.05) is 32.9 Å². The molecule has 0 saturated carbocycles. The Balaban J connectivity index is 2.21. The monoisotopic (exact) mass is 300 g/mol. The number of hydrogen-bond acceptors (Lipinski definition) is 3. The van der Waals surface area contributed by atoms with E-state index in [0.717, 1.165) is 16.8 Å². The van der Waals surface area contributed by atoms with Crippen molar-refractivity contribution in [2.45, 2.75) is 27.3 Å². The van der Waals surface area contributed by atoms with Gasteiger partial charge in [-0.05, 0) is 44.5 Å². The first-order chi connectivity index (χ1) is 10.4. The van der Waals surface area contributed by atoms with Gasteiger partial charge in [0.25, 0.3) is 11.5 Å². The van der Waals surface area contributed by atoms with Crippen molar-refractivity contribution in [2.75, 3.05) is 7.11 Å². The van der Waals surface area contributed by atoms with E-state index in [1.54, 1.807) is 12.1 Å². The third kappa shape index (κ3) is 3.36. The largest absolute Gasteiger partial charge is 0.496 e. The minimum absolute atomic E-state index is 0.172. The number of benzene rings is 1. The Kier molecular flexibility index (Phi) is 4.65. The predicted octanol–water partition coefficient (Wildman–Crippen LogP) is 2.24. The van der Waals surface area contributed by atoms with Crippen molar-refractivity contribution in [1.29, 1.82) is 0 Å². The van der Waals surface area contributed by atoms with Gasteiger partial charge in [-0.1, -0.05) is 11.6 Å². The Labute approximate surface area is 129 Å². The summed E-state index contributed by atoms with van der Waals surface area (Å²) in [5.74, 6) is 0.248. The average molecular weight is 300 g/mol. The van der Waals surface area contributed by atoms with Gasteiger partial charge < -0.3 is 15.0 Å². The van der Waals surface area contributed by atoms with E-state index >= 15 is 0 Å². The van der Waals surface area contributed by atoms with Crippen LogP contribution in [0.3, 0.4) is 0 Å². The van der Waals surface area contributed by atoms with Gasteiger partial charge in [0, 0.05) is 17.8 Å².